The van der Waals surface area contributed by atoms with E-state index in [0.29, 0.717) is 32.2 Å². The van der Waals surface area contributed by atoms with E-state index in [1.807, 2.05) is 42.8 Å². The summed E-state index contributed by atoms with van der Waals surface area (Å²) >= 11 is 12.7. The van der Waals surface area contributed by atoms with Gasteiger partial charge in [-0.2, -0.15) is 0 Å². The lowest BCUT2D eigenvalue weighted by Crippen LogP contribution is -2.54. The Hall–Kier alpha value is -3.99. The van der Waals surface area contributed by atoms with Crippen molar-refractivity contribution in [2.45, 2.75) is 16.8 Å². The normalized spacial score (nSPS) is 14.9. The molecule has 2 amide bonds. The highest BCUT2D eigenvalue weighted by molar-refractivity contribution is 7.99. The fraction of sp³-hybridized carbons (Fsp3) is 0.0741. The summed E-state index contributed by atoms with van der Waals surface area (Å²) in [5, 5.41) is 15.8. The third-order valence-electron chi connectivity index (χ3n) is 6.09. The van der Waals surface area contributed by atoms with E-state index in [1.165, 1.54) is 34.9 Å². The van der Waals surface area contributed by atoms with E-state index < -0.39 is 16.7 Å². The van der Waals surface area contributed by atoms with Crippen molar-refractivity contribution in [1.29, 1.82) is 0 Å². The molecule has 1 aromatic heterocycles. The minimum absolute atomic E-state index is 0.0534. The minimum Gasteiger partial charge on any atom is -0.338 e. The molecule has 0 radical (unpaired) electrons. The number of anilines is 1. The molecule has 8 nitrogen and oxygen atoms in total. The second kappa shape index (κ2) is 10.1. The highest BCUT2D eigenvalue weighted by Crippen LogP contribution is 2.39. The van der Waals surface area contributed by atoms with Gasteiger partial charge in [-0.05, 0) is 67.7 Å². The summed E-state index contributed by atoms with van der Waals surface area (Å²) in [6, 6.07) is 18.9. The summed E-state index contributed by atoms with van der Waals surface area (Å²) in [6.07, 6.45) is 1.48. The van der Waals surface area contributed by atoms with E-state index in [4.69, 9.17) is 23.8 Å². The second-order valence-electron chi connectivity index (χ2n) is 8.59. The molecule has 5 rings (SSSR count). The maximum Gasteiger partial charge on any atom is 0.270 e. The first-order valence-corrected chi connectivity index (χ1v) is 12.9. The molecule has 190 valence electrons. The van der Waals surface area contributed by atoms with Crippen LogP contribution < -0.4 is 10.2 Å². The van der Waals surface area contributed by atoms with Crippen molar-refractivity contribution in [2.75, 3.05) is 4.90 Å². The van der Waals surface area contributed by atoms with Crippen LogP contribution in [0.4, 0.5) is 11.4 Å². The molecular formula is C27H19ClN4O4S2. The fourth-order valence-electron chi connectivity index (χ4n) is 4.16. The number of benzene rings is 3. The van der Waals surface area contributed by atoms with Crippen LogP contribution in [0.15, 0.2) is 82.2 Å². The lowest BCUT2D eigenvalue weighted by molar-refractivity contribution is -0.384. The molecule has 0 unspecified atom stereocenters. The van der Waals surface area contributed by atoms with Gasteiger partial charge in [0.25, 0.3) is 17.5 Å². The molecule has 3 aromatic carbocycles. The molecule has 1 saturated heterocycles. The maximum absolute atomic E-state index is 13.6. The van der Waals surface area contributed by atoms with Gasteiger partial charge in [-0.3, -0.25) is 29.9 Å². The molecule has 4 aromatic rings. The predicted octanol–water partition coefficient (Wildman–Crippen LogP) is 6.03. The number of halogens is 1. The summed E-state index contributed by atoms with van der Waals surface area (Å²) in [5.41, 5.74) is 2.52. The van der Waals surface area contributed by atoms with Crippen molar-refractivity contribution in [1.82, 2.24) is 9.88 Å². The van der Waals surface area contributed by atoms with Crippen LogP contribution >= 0.6 is 35.6 Å². The van der Waals surface area contributed by atoms with Crippen LogP contribution in [0.1, 0.15) is 11.1 Å². The first kappa shape index (κ1) is 25.7. The average molecular weight is 563 g/mol. The zero-order chi connectivity index (χ0) is 27.1. The monoisotopic (exact) mass is 562 g/mol. The van der Waals surface area contributed by atoms with Crippen LogP contribution in [-0.4, -0.2) is 26.4 Å². The van der Waals surface area contributed by atoms with Gasteiger partial charge in [0.2, 0.25) is 0 Å². The number of hydrogen-bond donors (Lipinski definition) is 1. The molecule has 1 aliphatic rings. The highest BCUT2D eigenvalue weighted by Gasteiger charge is 2.35. The molecule has 0 aliphatic carbocycles. The largest absolute Gasteiger partial charge is 0.338 e. The van der Waals surface area contributed by atoms with Crippen molar-refractivity contribution in [3.05, 3.63) is 98.6 Å². The number of nitro groups is 1. The van der Waals surface area contributed by atoms with Gasteiger partial charge in [-0.15, -0.1) is 0 Å². The van der Waals surface area contributed by atoms with Crippen LogP contribution in [0.5, 0.6) is 0 Å². The van der Waals surface area contributed by atoms with Crippen LogP contribution in [0.3, 0.4) is 0 Å². The van der Waals surface area contributed by atoms with Crippen LogP contribution in [0.25, 0.3) is 17.0 Å². The molecular weight excluding hydrogens is 544 g/mol. The topological polar surface area (TPSA) is 97.5 Å². The average Bonchev–Trinajstić information content (AvgIpc) is 3.14. The molecule has 1 N–H and O–H groups in total. The van der Waals surface area contributed by atoms with Crippen molar-refractivity contribution < 1.29 is 14.5 Å². The molecule has 0 bridgehead atoms. The van der Waals surface area contributed by atoms with Crippen molar-refractivity contribution >= 4 is 80.9 Å². The summed E-state index contributed by atoms with van der Waals surface area (Å²) in [7, 11) is 1.84. The number of thiocarbonyl (C=S) groups is 1. The Bertz CT molecular complexity index is 1680. The molecule has 1 fully saturated rings. The quantitative estimate of drug-likeness (QED) is 0.105. The molecule has 0 saturated carbocycles. The lowest BCUT2D eigenvalue weighted by atomic mass is 10.1. The van der Waals surface area contributed by atoms with Gasteiger partial charge >= 0.3 is 0 Å². The Balaban J connectivity index is 1.69. The first-order valence-electron chi connectivity index (χ1n) is 11.3. The summed E-state index contributed by atoms with van der Waals surface area (Å²) in [6.45, 7) is 1.99. The summed E-state index contributed by atoms with van der Waals surface area (Å²) in [4.78, 5) is 39.9. The molecule has 0 spiro atoms. The maximum atomic E-state index is 13.6. The van der Waals surface area contributed by atoms with Gasteiger partial charge in [-0.25, -0.2) is 0 Å². The molecule has 38 heavy (non-hydrogen) atoms. The van der Waals surface area contributed by atoms with Crippen LogP contribution in [0, 0.1) is 17.0 Å². The zero-order valence-electron chi connectivity index (χ0n) is 20.1. The number of nitro benzene ring substituents is 1. The Morgan fingerprint density at radius 2 is 1.74 bits per heavy atom. The third kappa shape index (κ3) is 4.69. The number of nitrogens with one attached hydrogen (secondary N) is 1. The van der Waals surface area contributed by atoms with Crippen molar-refractivity contribution in [3.8, 4) is 0 Å². The molecule has 1 aliphatic heterocycles. The van der Waals surface area contributed by atoms with Crippen molar-refractivity contribution in [2.24, 2.45) is 7.05 Å². The van der Waals surface area contributed by atoms with E-state index in [0.717, 1.165) is 10.5 Å². The standard InChI is InChI=1S/C27H19ClN4O4S2/c1-15-3-10-19(11-4-15)38-26-21(20-13-18(32(35)36)9-12-23(20)30(26)2)14-22-24(33)29-27(37)31(25(22)34)17-7-5-16(28)6-8-17/h3-14H,1-2H3,(H,29,33,37). The van der Waals surface area contributed by atoms with E-state index in [9.17, 15) is 19.7 Å². The summed E-state index contributed by atoms with van der Waals surface area (Å²) in [5.74, 6) is -1.27. The van der Waals surface area contributed by atoms with Gasteiger partial charge in [0, 0.05) is 45.6 Å². The number of carbonyl (C=O) groups excluding carboxylic acids is 2. The number of fused-ring (bicyclic) bond motifs is 1. The number of amides is 2. The minimum atomic E-state index is -0.654. The van der Waals surface area contributed by atoms with Gasteiger partial charge in [0.15, 0.2) is 5.11 Å². The van der Waals surface area contributed by atoms with Gasteiger partial charge in [0.05, 0.1) is 15.6 Å². The second-order valence-corrected chi connectivity index (χ2v) is 10.5. The van der Waals surface area contributed by atoms with Crippen LogP contribution in [0.2, 0.25) is 5.02 Å². The van der Waals surface area contributed by atoms with Gasteiger partial charge < -0.3 is 4.57 Å². The van der Waals surface area contributed by atoms with Gasteiger partial charge in [0.1, 0.15) is 5.57 Å². The lowest BCUT2D eigenvalue weighted by Gasteiger charge is -2.29. The number of nitrogens with zero attached hydrogens (tertiary/aromatic N) is 3. The number of hydrogen-bond acceptors (Lipinski definition) is 6. The Labute approximate surface area is 232 Å². The van der Waals surface area contributed by atoms with Crippen LogP contribution in [-0.2, 0) is 16.6 Å². The molecule has 2 heterocycles. The number of aryl methyl sites for hydroxylation is 2. The van der Waals surface area contributed by atoms with E-state index in [-0.39, 0.29) is 16.4 Å². The number of rotatable bonds is 5. The summed E-state index contributed by atoms with van der Waals surface area (Å²) < 4.78 is 1.89. The number of carbonyl (C=O) groups is 2. The number of aromatic nitrogens is 1. The zero-order valence-corrected chi connectivity index (χ0v) is 22.5. The third-order valence-corrected chi connectivity index (χ3v) is 7.82. The highest BCUT2D eigenvalue weighted by atomic mass is 35.5. The predicted molar refractivity (Wildman–Crippen MR) is 153 cm³/mol. The van der Waals surface area contributed by atoms with E-state index >= 15 is 0 Å². The Morgan fingerprint density at radius 1 is 1.05 bits per heavy atom. The first-order chi connectivity index (χ1) is 18.1. The van der Waals surface area contributed by atoms with E-state index in [1.54, 1.807) is 30.3 Å². The smallest absolute Gasteiger partial charge is 0.270 e. The number of non-ortho nitro benzene ring substituents is 1. The Kier molecular flexibility index (Phi) is 6.78. The van der Waals surface area contributed by atoms with E-state index in [2.05, 4.69) is 5.32 Å². The Morgan fingerprint density at radius 3 is 2.39 bits per heavy atom. The van der Waals surface area contributed by atoms with Gasteiger partial charge in [-0.1, -0.05) is 41.1 Å². The van der Waals surface area contributed by atoms with Crippen molar-refractivity contribution in [3.63, 3.8) is 0 Å². The fourth-order valence-corrected chi connectivity index (χ4v) is 5.57. The molecule has 0 atom stereocenters. The molecule has 11 heteroatoms. The SMILES string of the molecule is Cc1ccc(Sc2c(C=C3C(=O)NC(=S)N(c4ccc(Cl)cc4)C3=O)c3cc([N+](=O)[O-])ccc3n2C)cc1.